The summed E-state index contributed by atoms with van der Waals surface area (Å²) in [5, 5.41) is 5.10. The van der Waals surface area contributed by atoms with E-state index in [0.29, 0.717) is 11.4 Å². The summed E-state index contributed by atoms with van der Waals surface area (Å²) in [5.41, 5.74) is 2.17. The number of fused-ring (bicyclic) bond motifs is 2. The standard InChI is InChI=1S/C18H18N2O2S/c1-11-4-5-12-8-13-9-16(23-18(13)20-15(12)7-11)17(21)19-10-14-3-2-6-22-14/h4-5,7-9,14H,2-3,6,10H2,1H3,(H,19,21). The Hall–Kier alpha value is -1.98. The molecule has 1 aliphatic heterocycles. The van der Waals surface area contributed by atoms with Gasteiger partial charge in [-0.2, -0.15) is 0 Å². The molecule has 1 atom stereocenters. The summed E-state index contributed by atoms with van der Waals surface area (Å²) in [6, 6.07) is 10.3. The smallest absolute Gasteiger partial charge is 0.261 e. The molecular formula is C18H18N2O2S. The zero-order valence-corrected chi connectivity index (χ0v) is 13.8. The number of nitrogens with zero attached hydrogens (tertiary/aromatic N) is 1. The fraction of sp³-hybridized carbons (Fsp3) is 0.333. The summed E-state index contributed by atoms with van der Waals surface area (Å²) in [5.74, 6) is -0.0382. The van der Waals surface area contributed by atoms with Crippen molar-refractivity contribution in [3.63, 3.8) is 0 Å². The van der Waals surface area contributed by atoms with Crippen molar-refractivity contribution in [3.05, 3.63) is 40.8 Å². The van der Waals surface area contributed by atoms with E-state index in [0.717, 1.165) is 40.6 Å². The highest BCUT2D eigenvalue weighted by atomic mass is 32.1. The molecule has 0 saturated carbocycles. The van der Waals surface area contributed by atoms with Crippen molar-refractivity contribution >= 4 is 38.4 Å². The number of ether oxygens (including phenoxy) is 1. The number of thiophene rings is 1. The van der Waals surface area contributed by atoms with Crippen LogP contribution in [0.3, 0.4) is 0 Å². The lowest BCUT2D eigenvalue weighted by Gasteiger charge is -2.09. The molecule has 0 radical (unpaired) electrons. The van der Waals surface area contributed by atoms with Gasteiger partial charge in [-0.1, -0.05) is 12.1 Å². The fourth-order valence-corrected chi connectivity index (χ4v) is 3.89. The number of carbonyl (C=O) groups is 1. The summed E-state index contributed by atoms with van der Waals surface area (Å²) in [4.78, 5) is 18.6. The number of benzene rings is 1. The maximum atomic E-state index is 12.3. The van der Waals surface area contributed by atoms with Crippen LogP contribution in [0, 0.1) is 6.92 Å². The van der Waals surface area contributed by atoms with Crippen molar-refractivity contribution in [3.8, 4) is 0 Å². The molecular weight excluding hydrogens is 308 g/mol. The molecule has 2 aromatic heterocycles. The number of hydrogen-bond acceptors (Lipinski definition) is 4. The van der Waals surface area contributed by atoms with Crippen LogP contribution >= 0.6 is 11.3 Å². The second-order valence-corrected chi connectivity index (χ2v) is 7.07. The maximum absolute atomic E-state index is 12.3. The first-order valence-corrected chi connectivity index (χ1v) is 8.71. The monoisotopic (exact) mass is 326 g/mol. The number of hydrogen-bond donors (Lipinski definition) is 1. The van der Waals surface area contributed by atoms with Crippen LogP contribution in [0.15, 0.2) is 30.3 Å². The molecule has 118 valence electrons. The lowest BCUT2D eigenvalue weighted by atomic mass is 10.1. The lowest BCUT2D eigenvalue weighted by Crippen LogP contribution is -2.31. The molecule has 5 heteroatoms. The molecule has 1 N–H and O–H groups in total. The van der Waals surface area contributed by atoms with Crippen LogP contribution in [0.4, 0.5) is 0 Å². The molecule has 1 fully saturated rings. The highest BCUT2D eigenvalue weighted by molar-refractivity contribution is 7.20. The van der Waals surface area contributed by atoms with E-state index in [2.05, 4.69) is 36.5 Å². The Balaban J connectivity index is 1.59. The van der Waals surface area contributed by atoms with E-state index in [-0.39, 0.29) is 12.0 Å². The summed E-state index contributed by atoms with van der Waals surface area (Å²) >= 11 is 1.44. The SMILES string of the molecule is Cc1ccc2cc3cc(C(=O)NCC4CCCO4)sc3nc2c1. The molecule has 0 bridgehead atoms. The molecule has 1 amide bonds. The zero-order chi connectivity index (χ0) is 15.8. The van der Waals surface area contributed by atoms with Crippen molar-refractivity contribution in [1.82, 2.24) is 10.3 Å². The normalized spacial score (nSPS) is 17.9. The van der Waals surface area contributed by atoms with E-state index in [1.807, 2.05) is 6.07 Å². The van der Waals surface area contributed by atoms with E-state index in [1.54, 1.807) is 0 Å². The molecule has 4 rings (SSSR count). The van der Waals surface area contributed by atoms with Gasteiger partial charge in [0.1, 0.15) is 4.83 Å². The van der Waals surface area contributed by atoms with Crippen LogP contribution in [0.5, 0.6) is 0 Å². The Morgan fingerprint density at radius 2 is 2.26 bits per heavy atom. The van der Waals surface area contributed by atoms with Gasteiger partial charge in [0.05, 0.1) is 16.5 Å². The molecule has 1 unspecified atom stereocenters. The van der Waals surface area contributed by atoms with Crippen LogP contribution in [-0.4, -0.2) is 30.1 Å². The Kier molecular flexibility index (Phi) is 3.75. The van der Waals surface area contributed by atoms with Gasteiger partial charge < -0.3 is 10.1 Å². The van der Waals surface area contributed by atoms with Gasteiger partial charge in [0.15, 0.2) is 0 Å². The minimum Gasteiger partial charge on any atom is -0.376 e. The number of aromatic nitrogens is 1. The van der Waals surface area contributed by atoms with E-state index in [9.17, 15) is 4.79 Å². The van der Waals surface area contributed by atoms with Gasteiger partial charge in [0, 0.05) is 23.9 Å². The largest absolute Gasteiger partial charge is 0.376 e. The summed E-state index contributed by atoms with van der Waals surface area (Å²) in [6.07, 6.45) is 2.27. The van der Waals surface area contributed by atoms with E-state index in [4.69, 9.17) is 9.72 Å². The van der Waals surface area contributed by atoms with Crippen molar-refractivity contribution in [2.75, 3.05) is 13.2 Å². The van der Waals surface area contributed by atoms with E-state index in [1.165, 1.54) is 16.9 Å². The first-order valence-electron chi connectivity index (χ1n) is 7.90. The highest BCUT2D eigenvalue weighted by Gasteiger charge is 2.18. The molecule has 0 aliphatic carbocycles. The number of carbonyl (C=O) groups excluding carboxylic acids is 1. The van der Waals surface area contributed by atoms with Gasteiger partial charge in [0.2, 0.25) is 0 Å². The number of rotatable bonds is 3. The third-order valence-electron chi connectivity index (χ3n) is 4.20. The highest BCUT2D eigenvalue weighted by Crippen LogP contribution is 2.28. The molecule has 1 aliphatic rings. The van der Waals surface area contributed by atoms with Crippen molar-refractivity contribution < 1.29 is 9.53 Å². The third kappa shape index (κ3) is 2.94. The van der Waals surface area contributed by atoms with Crippen LogP contribution in [0.25, 0.3) is 21.1 Å². The van der Waals surface area contributed by atoms with E-state index < -0.39 is 0 Å². The Labute approximate surface area is 138 Å². The number of amides is 1. The van der Waals surface area contributed by atoms with E-state index >= 15 is 0 Å². The van der Waals surface area contributed by atoms with Gasteiger partial charge in [-0.15, -0.1) is 11.3 Å². The molecule has 3 aromatic rings. The number of nitrogens with one attached hydrogen (secondary N) is 1. The van der Waals surface area contributed by atoms with Crippen molar-refractivity contribution in [2.45, 2.75) is 25.9 Å². The Bertz CT molecular complexity index is 881. The molecule has 1 saturated heterocycles. The second-order valence-electron chi connectivity index (χ2n) is 6.03. The second kappa shape index (κ2) is 5.91. The zero-order valence-electron chi connectivity index (χ0n) is 13.0. The van der Waals surface area contributed by atoms with Gasteiger partial charge >= 0.3 is 0 Å². The van der Waals surface area contributed by atoms with Crippen molar-refractivity contribution in [2.24, 2.45) is 0 Å². The van der Waals surface area contributed by atoms with Gasteiger partial charge in [-0.05, 0) is 43.5 Å². The minimum absolute atomic E-state index is 0.0382. The van der Waals surface area contributed by atoms with Gasteiger partial charge in [-0.25, -0.2) is 4.98 Å². The van der Waals surface area contributed by atoms with Gasteiger partial charge in [-0.3, -0.25) is 4.79 Å². The first kappa shape index (κ1) is 14.6. The topological polar surface area (TPSA) is 51.2 Å². The molecule has 3 heterocycles. The predicted molar refractivity (Wildman–Crippen MR) is 93.2 cm³/mol. The summed E-state index contributed by atoms with van der Waals surface area (Å²) in [7, 11) is 0. The van der Waals surface area contributed by atoms with Crippen LogP contribution in [-0.2, 0) is 4.74 Å². The Morgan fingerprint density at radius 1 is 1.35 bits per heavy atom. The molecule has 0 spiro atoms. The van der Waals surface area contributed by atoms with Gasteiger partial charge in [0.25, 0.3) is 5.91 Å². The molecule has 1 aromatic carbocycles. The molecule has 23 heavy (non-hydrogen) atoms. The maximum Gasteiger partial charge on any atom is 0.261 e. The summed E-state index contributed by atoms with van der Waals surface area (Å²) < 4.78 is 5.54. The van der Waals surface area contributed by atoms with Crippen LogP contribution in [0.1, 0.15) is 28.1 Å². The molecule has 4 nitrogen and oxygen atoms in total. The average molecular weight is 326 g/mol. The van der Waals surface area contributed by atoms with Crippen molar-refractivity contribution in [1.29, 1.82) is 0 Å². The minimum atomic E-state index is -0.0382. The lowest BCUT2D eigenvalue weighted by molar-refractivity contribution is 0.0861. The third-order valence-corrected chi connectivity index (χ3v) is 5.24. The first-order chi connectivity index (χ1) is 11.2. The number of aryl methyl sites for hydroxylation is 1. The number of pyridine rings is 1. The average Bonchev–Trinajstić information content (AvgIpc) is 3.19. The fourth-order valence-electron chi connectivity index (χ4n) is 2.95. The summed E-state index contributed by atoms with van der Waals surface area (Å²) in [6.45, 7) is 3.45. The Morgan fingerprint density at radius 3 is 3.09 bits per heavy atom. The van der Waals surface area contributed by atoms with Crippen LogP contribution < -0.4 is 5.32 Å². The predicted octanol–water partition coefficient (Wildman–Crippen LogP) is 3.67. The van der Waals surface area contributed by atoms with Crippen LogP contribution in [0.2, 0.25) is 0 Å². The quantitative estimate of drug-likeness (QED) is 0.799.